The quantitative estimate of drug-likeness (QED) is 0.416. The number of carbonyl (C=O) groups excluding carboxylic acids is 2. The fourth-order valence-electron chi connectivity index (χ4n) is 2.13. The molecule has 0 aliphatic heterocycles. The summed E-state index contributed by atoms with van der Waals surface area (Å²) in [6, 6.07) is 6.86. The van der Waals surface area contributed by atoms with Gasteiger partial charge in [-0.3, -0.25) is 25.0 Å². The molecule has 1 N–H and O–H groups in total. The van der Waals surface area contributed by atoms with E-state index < -0.39 is 39.6 Å². The summed E-state index contributed by atoms with van der Waals surface area (Å²) < 4.78 is 9.77. The van der Waals surface area contributed by atoms with Crippen molar-refractivity contribution in [3.8, 4) is 5.75 Å². The molecular formula is C16H12ClN3O8. The third kappa shape index (κ3) is 4.92. The summed E-state index contributed by atoms with van der Waals surface area (Å²) in [4.78, 5) is 44.4. The van der Waals surface area contributed by atoms with Crippen molar-refractivity contribution < 1.29 is 28.9 Å². The van der Waals surface area contributed by atoms with Gasteiger partial charge in [0.05, 0.1) is 22.6 Å². The van der Waals surface area contributed by atoms with Gasteiger partial charge in [0.1, 0.15) is 11.3 Å². The zero-order valence-electron chi connectivity index (χ0n) is 14.2. The highest BCUT2D eigenvalue weighted by atomic mass is 35.5. The number of halogens is 1. The molecule has 0 aromatic heterocycles. The molecule has 0 saturated heterocycles. The average molecular weight is 410 g/mol. The van der Waals surface area contributed by atoms with Crippen LogP contribution in [0.25, 0.3) is 0 Å². The summed E-state index contributed by atoms with van der Waals surface area (Å²) in [5.74, 6) is -1.82. The van der Waals surface area contributed by atoms with Gasteiger partial charge in [-0.15, -0.1) is 0 Å². The lowest BCUT2D eigenvalue weighted by Crippen LogP contribution is -2.21. The lowest BCUT2D eigenvalue weighted by atomic mass is 10.2. The number of ether oxygens (including phenoxy) is 2. The first kappa shape index (κ1) is 20.6. The van der Waals surface area contributed by atoms with Gasteiger partial charge < -0.3 is 14.8 Å². The first-order valence-electron chi connectivity index (χ1n) is 7.46. The summed E-state index contributed by atoms with van der Waals surface area (Å²) >= 11 is 5.73. The topological polar surface area (TPSA) is 151 Å². The Bertz CT molecular complexity index is 963. The molecule has 0 atom stereocenters. The molecule has 0 aliphatic rings. The number of carbonyl (C=O) groups is 2. The van der Waals surface area contributed by atoms with Crippen molar-refractivity contribution in [3.63, 3.8) is 0 Å². The monoisotopic (exact) mass is 409 g/mol. The van der Waals surface area contributed by atoms with E-state index in [4.69, 9.17) is 21.1 Å². The number of nitrogens with one attached hydrogen (secondary N) is 1. The Labute approximate surface area is 162 Å². The highest BCUT2D eigenvalue weighted by molar-refractivity contribution is 6.31. The molecule has 2 rings (SSSR count). The number of methoxy groups -OCH3 is 1. The number of non-ortho nitro benzene ring substituents is 1. The molecule has 2 aromatic rings. The molecule has 0 spiro atoms. The molecule has 0 saturated carbocycles. The molecular weight excluding hydrogens is 398 g/mol. The van der Waals surface area contributed by atoms with Crippen molar-refractivity contribution in [2.24, 2.45) is 0 Å². The number of benzene rings is 2. The molecule has 146 valence electrons. The van der Waals surface area contributed by atoms with E-state index in [1.165, 1.54) is 25.3 Å². The zero-order chi connectivity index (χ0) is 20.8. The van der Waals surface area contributed by atoms with Gasteiger partial charge in [-0.25, -0.2) is 4.79 Å². The van der Waals surface area contributed by atoms with E-state index in [0.29, 0.717) is 0 Å². The maximum absolute atomic E-state index is 12.1. The molecule has 2 aromatic carbocycles. The lowest BCUT2D eigenvalue weighted by molar-refractivity contribution is -0.385. The van der Waals surface area contributed by atoms with Gasteiger partial charge in [-0.2, -0.15) is 0 Å². The van der Waals surface area contributed by atoms with E-state index in [1.54, 1.807) is 0 Å². The summed E-state index contributed by atoms with van der Waals surface area (Å²) in [6.45, 7) is -0.797. The number of hydrogen-bond acceptors (Lipinski definition) is 8. The van der Waals surface area contributed by atoms with Crippen LogP contribution in [0.3, 0.4) is 0 Å². The lowest BCUT2D eigenvalue weighted by Gasteiger charge is -2.10. The number of nitrogens with zero attached hydrogens (tertiary/aromatic N) is 2. The minimum absolute atomic E-state index is 0.00788. The number of nitro benzene ring substituents is 2. The third-order valence-corrected chi connectivity index (χ3v) is 3.61. The smallest absolute Gasteiger partial charge is 0.345 e. The SMILES string of the molecule is COc1ccc([N+](=O)[O-])cc1NC(=O)COC(=O)c1cc(Cl)ccc1[N+](=O)[O-]. The summed E-state index contributed by atoms with van der Waals surface area (Å²) in [5.41, 5.74) is -1.25. The van der Waals surface area contributed by atoms with Crippen molar-refractivity contribution in [3.05, 3.63) is 67.2 Å². The Kier molecular flexibility index (Phi) is 6.45. The molecule has 0 radical (unpaired) electrons. The number of anilines is 1. The van der Waals surface area contributed by atoms with E-state index in [2.05, 4.69) is 5.32 Å². The van der Waals surface area contributed by atoms with Crippen LogP contribution < -0.4 is 10.1 Å². The molecule has 11 nitrogen and oxygen atoms in total. The maximum atomic E-state index is 12.1. The fourth-order valence-corrected chi connectivity index (χ4v) is 2.31. The predicted octanol–water partition coefficient (Wildman–Crippen LogP) is 2.96. The van der Waals surface area contributed by atoms with E-state index in [9.17, 15) is 29.8 Å². The van der Waals surface area contributed by atoms with Crippen LogP contribution in [0.4, 0.5) is 17.1 Å². The molecule has 0 aliphatic carbocycles. The Hall–Kier alpha value is -3.73. The minimum atomic E-state index is -1.13. The minimum Gasteiger partial charge on any atom is -0.495 e. The third-order valence-electron chi connectivity index (χ3n) is 3.38. The van der Waals surface area contributed by atoms with Gasteiger partial charge in [0.25, 0.3) is 17.3 Å². The highest BCUT2D eigenvalue weighted by Gasteiger charge is 2.23. The first-order chi connectivity index (χ1) is 13.2. The molecule has 28 heavy (non-hydrogen) atoms. The number of rotatable bonds is 7. The molecule has 12 heteroatoms. The molecule has 0 unspecified atom stereocenters. The molecule has 0 fully saturated rings. The fraction of sp³-hybridized carbons (Fsp3) is 0.125. The van der Waals surface area contributed by atoms with Crippen LogP contribution in [0.2, 0.25) is 5.02 Å². The van der Waals surface area contributed by atoms with Crippen LogP contribution in [0.5, 0.6) is 5.75 Å². The summed E-state index contributed by atoms with van der Waals surface area (Å²) in [5, 5.41) is 24.2. The average Bonchev–Trinajstić information content (AvgIpc) is 2.65. The van der Waals surface area contributed by atoms with Gasteiger partial charge >= 0.3 is 5.97 Å². The van der Waals surface area contributed by atoms with Gasteiger partial charge in [-0.1, -0.05) is 11.6 Å². The maximum Gasteiger partial charge on any atom is 0.345 e. The Morgan fingerprint density at radius 2 is 1.82 bits per heavy atom. The second kappa shape index (κ2) is 8.77. The van der Waals surface area contributed by atoms with Gasteiger partial charge in [0, 0.05) is 23.2 Å². The van der Waals surface area contributed by atoms with Crippen molar-refractivity contribution >= 4 is 40.5 Å². The number of nitro groups is 2. The molecule has 0 heterocycles. The van der Waals surface area contributed by atoms with Crippen molar-refractivity contribution in [2.75, 3.05) is 19.0 Å². The number of hydrogen-bond donors (Lipinski definition) is 1. The Morgan fingerprint density at radius 3 is 2.43 bits per heavy atom. The zero-order valence-corrected chi connectivity index (χ0v) is 15.0. The van der Waals surface area contributed by atoms with Crippen LogP contribution in [0, 0.1) is 20.2 Å². The van der Waals surface area contributed by atoms with Crippen LogP contribution in [-0.4, -0.2) is 35.4 Å². The van der Waals surface area contributed by atoms with Crippen LogP contribution in [0.15, 0.2) is 36.4 Å². The van der Waals surface area contributed by atoms with E-state index in [0.717, 1.165) is 18.2 Å². The number of amides is 1. The van der Waals surface area contributed by atoms with E-state index in [-0.39, 0.29) is 22.1 Å². The standard InChI is InChI=1S/C16H12ClN3O8/c1-27-14-5-3-10(19(23)24)7-12(14)18-15(21)8-28-16(22)11-6-9(17)2-4-13(11)20(25)26/h2-7H,8H2,1H3,(H,18,21). The van der Waals surface area contributed by atoms with Gasteiger partial charge in [0.15, 0.2) is 6.61 Å². The van der Waals surface area contributed by atoms with Crippen molar-refractivity contribution in [1.29, 1.82) is 0 Å². The van der Waals surface area contributed by atoms with Crippen LogP contribution in [-0.2, 0) is 9.53 Å². The van der Waals surface area contributed by atoms with Gasteiger partial charge in [-0.05, 0) is 18.2 Å². The van der Waals surface area contributed by atoms with E-state index >= 15 is 0 Å². The second-order valence-corrected chi connectivity index (χ2v) is 5.62. The first-order valence-corrected chi connectivity index (χ1v) is 7.84. The normalized spacial score (nSPS) is 10.1. The largest absolute Gasteiger partial charge is 0.495 e. The summed E-state index contributed by atoms with van der Waals surface area (Å²) in [7, 11) is 1.30. The van der Waals surface area contributed by atoms with Crippen LogP contribution >= 0.6 is 11.6 Å². The van der Waals surface area contributed by atoms with E-state index in [1.807, 2.05) is 0 Å². The summed E-state index contributed by atoms with van der Waals surface area (Å²) in [6.07, 6.45) is 0. The Balaban J connectivity index is 2.10. The molecule has 0 bridgehead atoms. The van der Waals surface area contributed by atoms with Crippen molar-refractivity contribution in [1.82, 2.24) is 0 Å². The molecule has 1 amide bonds. The number of esters is 1. The second-order valence-electron chi connectivity index (χ2n) is 5.18. The van der Waals surface area contributed by atoms with Crippen molar-refractivity contribution in [2.45, 2.75) is 0 Å². The predicted molar refractivity (Wildman–Crippen MR) is 96.7 cm³/mol. The van der Waals surface area contributed by atoms with Crippen LogP contribution in [0.1, 0.15) is 10.4 Å². The Morgan fingerprint density at radius 1 is 1.11 bits per heavy atom. The van der Waals surface area contributed by atoms with Gasteiger partial charge in [0.2, 0.25) is 0 Å². The highest BCUT2D eigenvalue weighted by Crippen LogP contribution is 2.29.